The van der Waals surface area contributed by atoms with Crippen molar-refractivity contribution >= 4 is 5.90 Å². The lowest BCUT2D eigenvalue weighted by Gasteiger charge is -2.43. The van der Waals surface area contributed by atoms with Gasteiger partial charge in [0, 0.05) is 22.7 Å². The largest absolute Gasteiger partial charge is 0.452 e. The number of ether oxygens (including phenoxy) is 2. The van der Waals surface area contributed by atoms with E-state index in [1.165, 1.54) is 13.8 Å². The predicted octanol–water partition coefficient (Wildman–Crippen LogP) is 2.99. The molecular weight excluding hydrogens is 276 g/mol. The lowest BCUT2D eigenvalue weighted by molar-refractivity contribution is -0.273. The minimum atomic E-state index is -3.36. The van der Waals surface area contributed by atoms with E-state index in [-0.39, 0.29) is 5.90 Å². The van der Waals surface area contributed by atoms with Crippen molar-refractivity contribution < 1.29 is 18.3 Å². The second-order valence-electron chi connectivity index (χ2n) is 4.24. The van der Waals surface area contributed by atoms with E-state index < -0.39 is 36.8 Å². The van der Waals surface area contributed by atoms with E-state index in [9.17, 15) is 8.78 Å². The zero-order valence-electron chi connectivity index (χ0n) is 10.8. The van der Waals surface area contributed by atoms with Gasteiger partial charge in [0.25, 0.3) is 5.92 Å². The van der Waals surface area contributed by atoms with Crippen molar-refractivity contribution in [2.45, 2.75) is 38.2 Å². The average molecular weight is 289 g/mol. The number of nitrogens with one attached hydrogen (secondary N) is 1. The van der Waals surface area contributed by atoms with Crippen LogP contribution in [0.25, 0.3) is 20.9 Å². The summed E-state index contributed by atoms with van der Waals surface area (Å²) in [5.41, 5.74) is 16.7. The lowest BCUT2D eigenvalue weighted by Crippen LogP contribution is -2.58. The second kappa shape index (κ2) is 6.38. The van der Waals surface area contributed by atoms with Crippen molar-refractivity contribution in [3.05, 3.63) is 20.9 Å². The van der Waals surface area contributed by atoms with Crippen LogP contribution in [-0.2, 0) is 9.47 Å². The van der Waals surface area contributed by atoms with Crippen molar-refractivity contribution in [3.63, 3.8) is 0 Å². The number of hydrogen-bond donors (Lipinski definition) is 1. The average Bonchev–Trinajstić information content (AvgIpc) is 2.36. The van der Waals surface area contributed by atoms with Gasteiger partial charge in [-0.15, -0.1) is 0 Å². The summed E-state index contributed by atoms with van der Waals surface area (Å²) in [5.74, 6) is -5.02. The summed E-state index contributed by atoms with van der Waals surface area (Å²) < 4.78 is 38.1. The van der Waals surface area contributed by atoms with Crippen LogP contribution in [0, 0.1) is 11.3 Å². The normalized spacial score (nSPS) is 31.6. The Bertz CT molecular complexity index is 469. The van der Waals surface area contributed by atoms with E-state index in [1.807, 2.05) is 0 Å². The summed E-state index contributed by atoms with van der Waals surface area (Å²) in [7, 11) is 0. The van der Waals surface area contributed by atoms with Crippen LogP contribution < -0.4 is 0 Å². The van der Waals surface area contributed by atoms with Gasteiger partial charge in [0.15, 0.2) is 5.90 Å². The fourth-order valence-electron chi connectivity index (χ4n) is 1.85. The Morgan fingerprint density at radius 1 is 1.45 bits per heavy atom. The monoisotopic (exact) mass is 289 g/mol. The molecule has 0 amide bonds. The molecule has 11 heteroatoms. The van der Waals surface area contributed by atoms with Gasteiger partial charge in [-0.05, 0) is 11.1 Å². The molecule has 0 aromatic carbocycles. The minimum Gasteiger partial charge on any atom is -0.452 e. The highest BCUT2D eigenvalue weighted by Crippen LogP contribution is 2.41. The van der Waals surface area contributed by atoms with E-state index in [2.05, 4.69) is 20.1 Å². The number of alkyl halides is 2. The lowest BCUT2D eigenvalue weighted by atomic mass is 9.88. The SMILES string of the molecule is CC(=N)OC1O[C@H](CN=[N+]=[N-])C(F)(F)[C@H](C)[C@H]1N=[N+]=[N-]. The molecule has 1 aliphatic heterocycles. The third-order valence-electron chi connectivity index (χ3n) is 2.91. The van der Waals surface area contributed by atoms with Gasteiger partial charge < -0.3 is 9.47 Å². The van der Waals surface area contributed by atoms with Gasteiger partial charge in [-0.25, -0.2) is 8.78 Å². The molecule has 0 bridgehead atoms. The molecule has 110 valence electrons. The maximum atomic E-state index is 14.1. The molecule has 1 N–H and O–H groups in total. The van der Waals surface area contributed by atoms with Crippen LogP contribution in [0.3, 0.4) is 0 Å². The second-order valence-corrected chi connectivity index (χ2v) is 4.24. The molecule has 0 radical (unpaired) electrons. The van der Waals surface area contributed by atoms with E-state index >= 15 is 0 Å². The van der Waals surface area contributed by atoms with E-state index in [1.54, 1.807) is 0 Å². The molecule has 1 rings (SSSR count). The first-order valence-electron chi connectivity index (χ1n) is 5.64. The van der Waals surface area contributed by atoms with E-state index in [4.69, 9.17) is 25.9 Å². The zero-order valence-corrected chi connectivity index (χ0v) is 10.8. The quantitative estimate of drug-likeness (QED) is 0.279. The molecule has 0 spiro atoms. The highest BCUT2D eigenvalue weighted by atomic mass is 19.3. The third kappa shape index (κ3) is 3.27. The molecule has 0 aromatic heterocycles. The Balaban J connectivity index is 3.07. The van der Waals surface area contributed by atoms with Crippen LogP contribution in [0.15, 0.2) is 10.2 Å². The summed E-state index contributed by atoms with van der Waals surface area (Å²) in [4.78, 5) is 4.91. The molecule has 9 nitrogen and oxygen atoms in total. The smallest absolute Gasteiger partial charge is 0.277 e. The first-order valence-corrected chi connectivity index (χ1v) is 5.64. The number of rotatable bonds is 4. The van der Waals surface area contributed by atoms with Crippen LogP contribution >= 0.6 is 0 Å². The molecule has 0 aromatic rings. The standard InChI is InChI=1S/C9H13F2N7O2/c1-4-7(16-18-14)8(19-5(2)12)20-6(3-15-17-13)9(4,10)11/h4,6-8,12H,3H2,1-2H3/t4-,6-,7-,8?/m1/s1. The predicted molar refractivity (Wildman–Crippen MR) is 64.2 cm³/mol. The Hall–Kier alpha value is -2.09. The van der Waals surface area contributed by atoms with Gasteiger partial charge in [-0.1, -0.05) is 17.2 Å². The van der Waals surface area contributed by atoms with Gasteiger partial charge in [0.2, 0.25) is 6.29 Å². The van der Waals surface area contributed by atoms with Gasteiger partial charge >= 0.3 is 0 Å². The van der Waals surface area contributed by atoms with Gasteiger partial charge in [-0.3, -0.25) is 5.41 Å². The Morgan fingerprint density at radius 3 is 2.60 bits per heavy atom. The van der Waals surface area contributed by atoms with Crippen molar-refractivity contribution in [2.75, 3.05) is 6.54 Å². The molecule has 1 unspecified atom stereocenters. The van der Waals surface area contributed by atoms with Crippen molar-refractivity contribution in [1.82, 2.24) is 0 Å². The first-order chi connectivity index (χ1) is 9.34. The number of hydrogen-bond acceptors (Lipinski definition) is 5. The summed E-state index contributed by atoms with van der Waals surface area (Å²) in [6.45, 7) is 1.88. The fraction of sp³-hybridized carbons (Fsp3) is 0.889. The molecule has 1 heterocycles. The molecule has 1 fully saturated rings. The Labute approximate surface area is 112 Å². The number of nitrogens with zero attached hydrogens (tertiary/aromatic N) is 6. The maximum absolute atomic E-state index is 14.1. The fourth-order valence-corrected chi connectivity index (χ4v) is 1.85. The third-order valence-corrected chi connectivity index (χ3v) is 2.91. The Morgan fingerprint density at radius 2 is 2.10 bits per heavy atom. The number of halogens is 2. The van der Waals surface area contributed by atoms with Crippen LogP contribution in [0.1, 0.15) is 13.8 Å². The zero-order chi connectivity index (χ0) is 15.3. The minimum absolute atomic E-state index is 0.270. The molecule has 0 aliphatic carbocycles. The maximum Gasteiger partial charge on any atom is 0.277 e. The summed E-state index contributed by atoms with van der Waals surface area (Å²) in [5, 5.41) is 13.5. The molecule has 20 heavy (non-hydrogen) atoms. The van der Waals surface area contributed by atoms with Crippen molar-refractivity contribution in [3.8, 4) is 0 Å². The van der Waals surface area contributed by atoms with Crippen LogP contribution in [-0.4, -0.2) is 36.8 Å². The number of azide groups is 2. The highest BCUT2D eigenvalue weighted by Gasteiger charge is 2.56. The van der Waals surface area contributed by atoms with Crippen LogP contribution in [0.2, 0.25) is 0 Å². The molecule has 4 atom stereocenters. The first kappa shape index (κ1) is 16.0. The Kier molecular flexibility index (Phi) is 5.09. The van der Waals surface area contributed by atoms with Crippen molar-refractivity contribution in [2.24, 2.45) is 16.1 Å². The molecule has 0 saturated carbocycles. The summed E-state index contributed by atoms with van der Waals surface area (Å²) in [6, 6.07) is -1.29. The van der Waals surface area contributed by atoms with Crippen LogP contribution in [0.4, 0.5) is 8.78 Å². The van der Waals surface area contributed by atoms with E-state index in [0.717, 1.165) is 0 Å². The van der Waals surface area contributed by atoms with Crippen LogP contribution in [0.5, 0.6) is 0 Å². The molecule has 1 saturated heterocycles. The van der Waals surface area contributed by atoms with Crippen molar-refractivity contribution in [1.29, 1.82) is 5.41 Å². The van der Waals surface area contributed by atoms with Gasteiger partial charge in [0.05, 0.1) is 6.54 Å². The summed E-state index contributed by atoms with van der Waals surface area (Å²) >= 11 is 0. The van der Waals surface area contributed by atoms with Gasteiger partial charge in [-0.2, -0.15) is 0 Å². The topological polar surface area (TPSA) is 140 Å². The van der Waals surface area contributed by atoms with E-state index in [0.29, 0.717) is 0 Å². The van der Waals surface area contributed by atoms with Gasteiger partial charge in [0.1, 0.15) is 12.1 Å². The highest BCUT2D eigenvalue weighted by molar-refractivity contribution is 5.69. The molecular formula is C9H13F2N7O2. The summed E-state index contributed by atoms with van der Waals surface area (Å²) in [6.07, 6.45) is -3.03. The molecule has 1 aliphatic rings.